The predicted octanol–water partition coefficient (Wildman–Crippen LogP) is 3.77. The zero-order valence-electron chi connectivity index (χ0n) is 9.92. The first-order valence-electron chi connectivity index (χ1n) is 5.99. The third-order valence-electron chi connectivity index (χ3n) is 2.63. The Morgan fingerprint density at radius 2 is 2.00 bits per heavy atom. The molecule has 2 heteroatoms. The van der Waals surface area contributed by atoms with E-state index in [4.69, 9.17) is 0 Å². The van der Waals surface area contributed by atoms with Crippen molar-refractivity contribution in [1.82, 2.24) is 4.98 Å². The number of hydrogen-bond acceptors (Lipinski definition) is 2. The molecule has 0 aromatic carbocycles. The van der Waals surface area contributed by atoms with Crippen molar-refractivity contribution in [2.45, 2.75) is 46.0 Å². The van der Waals surface area contributed by atoms with Crippen molar-refractivity contribution in [1.29, 1.82) is 0 Å². The molecule has 1 rings (SSSR count). The Kier molecular flexibility index (Phi) is 5.83. The molecule has 0 amide bonds. The maximum atomic E-state index is 4.11. The SMILES string of the molecule is CCCCCCCNc1cnccc1C. The fourth-order valence-electron chi connectivity index (χ4n) is 1.60. The lowest BCUT2D eigenvalue weighted by atomic mass is 10.1. The minimum absolute atomic E-state index is 1.07. The number of rotatable bonds is 7. The molecule has 1 N–H and O–H groups in total. The second kappa shape index (κ2) is 7.27. The number of pyridine rings is 1. The molecule has 0 spiro atoms. The Morgan fingerprint density at radius 3 is 2.73 bits per heavy atom. The average Bonchev–Trinajstić information content (AvgIpc) is 2.25. The van der Waals surface area contributed by atoms with Gasteiger partial charge in [0, 0.05) is 12.7 Å². The highest BCUT2D eigenvalue weighted by molar-refractivity contribution is 5.47. The van der Waals surface area contributed by atoms with Gasteiger partial charge in [-0.2, -0.15) is 0 Å². The lowest BCUT2D eigenvalue weighted by molar-refractivity contribution is 0.645. The van der Waals surface area contributed by atoms with Crippen LogP contribution in [0, 0.1) is 6.92 Å². The van der Waals surface area contributed by atoms with E-state index in [2.05, 4.69) is 24.1 Å². The Labute approximate surface area is 93.1 Å². The van der Waals surface area contributed by atoms with E-state index in [-0.39, 0.29) is 0 Å². The van der Waals surface area contributed by atoms with Crippen molar-refractivity contribution >= 4 is 5.69 Å². The summed E-state index contributed by atoms with van der Waals surface area (Å²) < 4.78 is 0. The Bertz CT molecular complexity index is 271. The molecule has 0 aliphatic rings. The topological polar surface area (TPSA) is 24.9 Å². The lowest BCUT2D eigenvalue weighted by Crippen LogP contribution is -2.03. The minimum atomic E-state index is 1.07. The smallest absolute Gasteiger partial charge is 0.0556 e. The number of hydrogen-bond donors (Lipinski definition) is 1. The first kappa shape index (κ1) is 12.0. The van der Waals surface area contributed by atoms with Crippen molar-refractivity contribution in [2.75, 3.05) is 11.9 Å². The zero-order valence-corrected chi connectivity index (χ0v) is 9.92. The molecule has 1 aromatic rings. The third-order valence-corrected chi connectivity index (χ3v) is 2.63. The van der Waals surface area contributed by atoms with Gasteiger partial charge in [0.25, 0.3) is 0 Å². The fraction of sp³-hybridized carbons (Fsp3) is 0.615. The van der Waals surface area contributed by atoms with Crippen LogP contribution in [0.4, 0.5) is 5.69 Å². The number of nitrogens with one attached hydrogen (secondary N) is 1. The summed E-state index contributed by atoms with van der Waals surface area (Å²) in [6, 6.07) is 2.04. The molecule has 1 aromatic heterocycles. The van der Waals surface area contributed by atoms with Crippen molar-refractivity contribution in [2.24, 2.45) is 0 Å². The third kappa shape index (κ3) is 4.82. The number of unbranched alkanes of at least 4 members (excludes halogenated alkanes) is 4. The van der Waals surface area contributed by atoms with E-state index in [0.717, 1.165) is 6.54 Å². The van der Waals surface area contributed by atoms with Gasteiger partial charge in [0.1, 0.15) is 0 Å². The summed E-state index contributed by atoms with van der Waals surface area (Å²) in [5.41, 5.74) is 2.45. The van der Waals surface area contributed by atoms with E-state index in [1.54, 1.807) is 0 Å². The van der Waals surface area contributed by atoms with Crippen LogP contribution in [0.5, 0.6) is 0 Å². The summed E-state index contributed by atoms with van der Waals surface area (Å²) in [5, 5.41) is 3.43. The Balaban J connectivity index is 2.12. The largest absolute Gasteiger partial charge is 0.384 e. The van der Waals surface area contributed by atoms with Crippen LogP contribution in [0.3, 0.4) is 0 Å². The van der Waals surface area contributed by atoms with E-state index in [1.165, 1.54) is 43.4 Å². The summed E-state index contributed by atoms with van der Waals surface area (Å²) >= 11 is 0. The summed E-state index contributed by atoms with van der Waals surface area (Å²) in [5.74, 6) is 0. The van der Waals surface area contributed by atoms with Gasteiger partial charge in [-0.15, -0.1) is 0 Å². The molecule has 1 heterocycles. The molecule has 2 nitrogen and oxygen atoms in total. The average molecular weight is 206 g/mol. The zero-order chi connectivity index (χ0) is 10.9. The molecule has 0 unspecified atom stereocenters. The summed E-state index contributed by atoms with van der Waals surface area (Å²) in [4.78, 5) is 4.11. The monoisotopic (exact) mass is 206 g/mol. The van der Waals surface area contributed by atoms with Crippen molar-refractivity contribution < 1.29 is 0 Å². The number of aryl methyl sites for hydroxylation is 1. The highest BCUT2D eigenvalue weighted by Crippen LogP contribution is 2.11. The van der Waals surface area contributed by atoms with Crippen molar-refractivity contribution in [3.8, 4) is 0 Å². The molecule has 15 heavy (non-hydrogen) atoms. The molecule has 0 fully saturated rings. The molecule has 0 bridgehead atoms. The summed E-state index contributed by atoms with van der Waals surface area (Å²) in [7, 11) is 0. The van der Waals surface area contributed by atoms with Gasteiger partial charge in [0.05, 0.1) is 11.9 Å². The highest BCUT2D eigenvalue weighted by atomic mass is 14.9. The van der Waals surface area contributed by atoms with Gasteiger partial charge in [0.15, 0.2) is 0 Å². The molecular weight excluding hydrogens is 184 g/mol. The van der Waals surface area contributed by atoms with Gasteiger partial charge in [-0.3, -0.25) is 4.98 Å². The van der Waals surface area contributed by atoms with Crippen LogP contribution in [0.1, 0.15) is 44.6 Å². The molecule has 0 saturated carbocycles. The van der Waals surface area contributed by atoms with Gasteiger partial charge in [-0.1, -0.05) is 32.6 Å². The van der Waals surface area contributed by atoms with E-state index < -0.39 is 0 Å². The molecular formula is C13H22N2. The highest BCUT2D eigenvalue weighted by Gasteiger charge is 1.95. The van der Waals surface area contributed by atoms with Crippen LogP contribution >= 0.6 is 0 Å². The van der Waals surface area contributed by atoms with E-state index in [0.29, 0.717) is 0 Å². The van der Waals surface area contributed by atoms with Gasteiger partial charge in [0.2, 0.25) is 0 Å². The fourth-order valence-corrected chi connectivity index (χ4v) is 1.60. The van der Waals surface area contributed by atoms with Gasteiger partial charge >= 0.3 is 0 Å². The van der Waals surface area contributed by atoms with Crippen LogP contribution in [0.15, 0.2) is 18.5 Å². The van der Waals surface area contributed by atoms with Crippen molar-refractivity contribution in [3.05, 3.63) is 24.0 Å². The van der Waals surface area contributed by atoms with Crippen LogP contribution in [-0.2, 0) is 0 Å². The van der Waals surface area contributed by atoms with E-state index >= 15 is 0 Å². The van der Waals surface area contributed by atoms with E-state index in [1.807, 2.05) is 18.5 Å². The molecule has 0 aliphatic carbocycles. The Hall–Kier alpha value is -1.05. The standard InChI is InChI=1S/C13H22N2/c1-3-4-5-6-7-9-15-13-11-14-10-8-12(13)2/h8,10-11,15H,3-7,9H2,1-2H3. The number of aromatic nitrogens is 1. The Morgan fingerprint density at radius 1 is 1.20 bits per heavy atom. The second-order valence-corrected chi connectivity index (χ2v) is 4.03. The van der Waals surface area contributed by atoms with Gasteiger partial charge in [-0.25, -0.2) is 0 Å². The predicted molar refractivity (Wildman–Crippen MR) is 66.2 cm³/mol. The first-order chi connectivity index (χ1) is 7.34. The molecule has 84 valence electrons. The molecule has 0 atom stereocenters. The molecule has 0 saturated heterocycles. The van der Waals surface area contributed by atoms with E-state index in [9.17, 15) is 0 Å². The molecule has 0 aliphatic heterocycles. The van der Waals surface area contributed by atoms with Crippen LogP contribution in [0.2, 0.25) is 0 Å². The quantitative estimate of drug-likeness (QED) is 0.687. The maximum Gasteiger partial charge on any atom is 0.0556 e. The summed E-state index contributed by atoms with van der Waals surface area (Å²) in [6.45, 7) is 5.43. The van der Waals surface area contributed by atoms with Crippen LogP contribution < -0.4 is 5.32 Å². The van der Waals surface area contributed by atoms with Gasteiger partial charge < -0.3 is 5.32 Å². The number of anilines is 1. The normalized spacial score (nSPS) is 10.3. The second-order valence-electron chi connectivity index (χ2n) is 4.03. The number of nitrogens with zero attached hydrogens (tertiary/aromatic N) is 1. The van der Waals surface area contributed by atoms with Crippen LogP contribution in [-0.4, -0.2) is 11.5 Å². The maximum absolute atomic E-state index is 4.11. The van der Waals surface area contributed by atoms with Gasteiger partial charge in [-0.05, 0) is 25.0 Å². The molecule has 0 radical (unpaired) electrons. The summed E-state index contributed by atoms with van der Waals surface area (Å²) in [6.07, 6.45) is 10.4. The minimum Gasteiger partial charge on any atom is -0.384 e. The van der Waals surface area contributed by atoms with Crippen LogP contribution in [0.25, 0.3) is 0 Å². The lowest BCUT2D eigenvalue weighted by Gasteiger charge is -2.08. The first-order valence-corrected chi connectivity index (χ1v) is 5.99. The van der Waals surface area contributed by atoms with Crippen molar-refractivity contribution in [3.63, 3.8) is 0 Å².